The van der Waals surface area contributed by atoms with Gasteiger partial charge >= 0.3 is 12.1 Å². The van der Waals surface area contributed by atoms with Gasteiger partial charge < -0.3 is 50.6 Å². The third-order valence-electron chi connectivity index (χ3n) is 14.4. The van der Waals surface area contributed by atoms with Gasteiger partial charge in [-0.15, -0.1) is 6.42 Å². The van der Waals surface area contributed by atoms with Crippen molar-refractivity contribution in [3.8, 4) is 29.2 Å². The fourth-order valence-electron chi connectivity index (χ4n) is 7.89. The average Bonchev–Trinajstić information content (AvgIpc) is 3.65. The van der Waals surface area contributed by atoms with Gasteiger partial charge in [0.2, 0.25) is 11.8 Å². The van der Waals surface area contributed by atoms with Crippen LogP contribution < -0.4 is 37.1 Å². The molecule has 0 fully saturated rings. The van der Waals surface area contributed by atoms with Crippen LogP contribution in [0.15, 0.2) is 84.9 Å². The van der Waals surface area contributed by atoms with Gasteiger partial charge in [-0.25, -0.2) is 9.59 Å². The van der Waals surface area contributed by atoms with E-state index >= 15 is 0 Å². The van der Waals surface area contributed by atoms with Gasteiger partial charge in [-0.2, -0.15) is 0 Å². The molecule has 17 heteroatoms. The molecule has 0 aliphatic heterocycles. The van der Waals surface area contributed by atoms with E-state index in [2.05, 4.69) is 112 Å². The number of nitrogens with one attached hydrogen (secondary N) is 5. The molecule has 5 rings (SSSR count). The van der Waals surface area contributed by atoms with Crippen molar-refractivity contribution in [3.05, 3.63) is 118 Å². The summed E-state index contributed by atoms with van der Waals surface area (Å²) in [5.74, 6) is 1.09. The number of hydrogen-bond donors (Lipinski definition) is 6. The summed E-state index contributed by atoms with van der Waals surface area (Å²) in [4.78, 5) is 66.2. The van der Waals surface area contributed by atoms with Crippen LogP contribution in [0.2, 0.25) is 36.3 Å². The van der Waals surface area contributed by atoms with Crippen LogP contribution in [-0.4, -0.2) is 78.3 Å². The first kappa shape index (κ1) is 58.4. The van der Waals surface area contributed by atoms with Crippen molar-refractivity contribution >= 4 is 52.2 Å². The maximum absolute atomic E-state index is 14.0. The summed E-state index contributed by atoms with van der Waals surface area (Å²) >= 11 is 0. The molecule has 1 aliphatic carbocycles. The Bertz CT molecular complexity index is 2570. The summed E-state index contributed by atoms with van der Waals surface area (Å²) in [6.07, 6.45) is 5.19. The highest BCUT2D eigenvalue weighted by atomic mass is 28.4. The number of benzene rings is 4. The molecule has 4 aromatic rings. The highest BCUT2D eigenvalue weighted by Gasteiger charge is 2.39. The molecule has 6 amide bonds. The summed E-state index contributed by atoms with van der Waals surface area (Å²) in [6.45, 7) is 26.1. The summed E-state index contributed by atoms with van der Waals surface area (Å²) < 4.78 is 25.9. The second-order valence-electron chi connectivity index (χ2n) is 22.3. The second kappa shape index (κ2) is 25.2. The molecule has 0 radical (unpaired) electrons. The Balaban J connectivity index is 1.32. The summed E-state index contributed by atoms with van der Waals surface area (Å²) in [5, 5.41) is 13.6. The van der Waals surface area contributed by atoms with Gasteiger partial charge in [-0.05, 0) is 107 Å². The number of primary amides is 1. The number of fused-ring (bicyclic) bond motifs is 3. The van der Waals surface area contributed by atoms with Crippen LogP contribution in [0.1, 0.15) is 112 Å². The Hall–Kier alpha value is -6.46. The number of alkyl carbamates (subject to hydrolysis) is 1. The molecule has 15 nitrogen and oxygen atoms in total. The normalized spacial score (nSPS) is 13.4. The van der Waals surface area contributed by atoms with Crippen molar-refractivity contribution in [2.75, 3.05) is 25.0 Å². The number of terminal acetylenes is 1. The van der Waals surface area contributed by atoms with Crippen molar-refractivity contribution < 1.29 is 42.3 Å². The molecule has 74 heavy (non-hydrogen) atoms. The number of anilines is 1. The van der Waals surface area contributed by atoms with Crippen LogP contribution in [-0.2, 0) is 43.0 Å². The van der Waals surface area contributed by atoms with E-state index in [4.69, 9.17) is 30.5 Å². The number of rotatable bonds is 23. The first-order valence-corrected chi connectivity index (χ1v) is 31.2. The second-order valence-corrected chi connectivity index (χ2v) is 31.9. The molecule has 4 aromatic carbocycles. The Labute approximate surface area is 440 Å². The fraction of sp³-hybridized carbons (Fsp3) is 0.456. The van der Waals surface area contributed by atoms with E-state index in [-0.39, 0.29) is 73.8 Å². The number of urea groups is 1. The third-order valence-corrected chi connectivity index (χ3v) is 23.4. The zero-order valence-corrected chi connectivity index (χ0v) is 47.4. The van der Waals surface area contributed by atoms with Gasteiger partial charge in [-0.1, -0.05) is 122 Å². The van der Waals surface area contributed by atoms with Gasteiger partial charge in [-0.3, -0.25) is 14.4 Å². The van der Waals surface area contributed by atoms with Crippen LogP contribution in [0.4, 0.5) is 15.3 Å². The molecule has 7 N–H and O–H groups in total. The number of nitrogens with two attached hydrogens (primary N) is 1. The molecule has 0 spiro atoms. The van der Waals surface area contributed by atoms with Crippen molar-refractivity contribution in [3.63, 3.8) is 0 Å². The lowest BCUT2D eigenvalue weighted by molar-refractivity contribution is -0.128. The summed E-state index contributed by atoms with van der Waals surface area (Å²) in [7, 11) is -4.51. The lowest BCUT2D eigenvalue weighted by Crippen LogP contribution is -2.54. The SMILES string of the molecule is C#CCNC(=O)c1cc(CO[Si](C)(C)C(C)(C)C)c(OCc2ccc(NC(=O)[C@H](CCCNC(N)=O)NC(=O)[C@@H](NC(=O)OCC3c4ccccc4-c4ccccc43)C(C)C)cc2)c(CO[Si](C)(C)C(C)(C)C)c1. The van der Waals surface area contributed by atoms with Crippen LogP contribution in [0.5, 0.6) is 5.75 Å². The number of ether oxygens (including phenoxy) is 2. The quantitative estimate of drug-likeness (QED) is 0.0237. The molecule has 1 aliphatic rings. The van der Waals surface area contributed by atoms with Crippen molar-refractivity contribution in [2.24, 2.45) is 11.7 Å². The number of carbonyl (C=O) groups excluding carboxylic acids is 5. The van der Waals surface area contributed by atoms with Crippen LogP contribution in [0.3, 0.4) is 0 Å². The molecule has 0 heterocycles. The molecule has 2 atom stereocenters. The van der Waals surface area contributed by atoms with Gasteiger partial charge in [0.1, 0.15) is 31.0 Å². The molecule has 0 unspecified atom stereocenters. The molecule has 0 aromatic heterocycles. The highest BCUT2D eigenvalue weighted by Crippen LogP contribution is 2.45. The fourth-order valence-corrected chi connectivity index (χ4v) is 9.79. The maximum Gasteiger partial charge on any atom is 0.407 e. The molecule has 0 bridgehead atoms. The summed E-state index contributed by atoms with van der Waals surface area (Å²) in [5.41, 5.74) is 12.7. The lowest BCUT2D eigenvalue weighted by atomic mass is 9.98. The molecule has 0 saturated carbocycles. The standard InChI is InChI=1S/C57H78N6O9Si2/c1-14-29-59-51(64)39-31-40(34-71-73(10,11)56(4,5)6)50(41(32-39)35-72-74(12,13)57(7,8)9)69-33-38-25-27-42(28-26-38)61-52(65)48(24-19-30-60-54(58)67)62-53(66)49(37(2)3)63-55(68)70-36-47-45-22-17-15-20-43(45)44-21-16-18-23-46(44)47/h1,15-18,20-23,25-28,31-32,37,47-49H,19,24,29-30,33-36H2,2-13H3,(H,59,64)(H,61,65)(H,62,66)(H,63,68)(H3,58,60,67)/t48-,49-/m0/s1. The zero-order valence-electron chi connectivity index (χ0n) is 45.4. The monoisotopic (exact) mass is 1050 g/mol. The van der Waals surface area contributed by atoms with E-state index in [1.165, 1.54) is 0 Å². The van der Waals surface area contributed by atoms with E-state index in [9.17, 15) is 24.0 Å². The zero-order chi connectivity index (χ0) is 54.6. The van der Waals surface area contributed by atoms with Crippen molar-refractivity contribution in [2.45, 2.75) is 142 Å². The van der Waals surface area contributed by atoms with Gasteiger partial charge in [0.25, 0.3) is 5.91 Å². The van der Waals surface area contributed by atoms with Crippen LogP contribution >= 0.6 is 0 Å². The Morgan fingerprint density at radius 1 is 0.730 bits per heavy atom. The van der Waals surface area contributed by atoms with E-state index in [0.29, 0.717) is 34.5 Å². The number of amides is 6. The summed E-state index contributed by atoms with van der Waals surface area (Å²) in [6, 6.07) is 23.9. The van der Waals surface area contributed by atoms with E-state index in [1.54, 1.807) is 38.1 Å². The molecule has 398 valence electrons. The smallest absolute Gasteiger partial charge is 0.407 e. The predicted octanol–water partition coefficient (Wildman–Crippen LogP) is 10.1. The van der Waals surface area contributed by atoms with E-state index in [1.807, 2.05) is 48.5 Å². The topological polar surface area (TPSA) is 208 Å². The van der Waals surface area contributed by atoms with E-state index < -0.39 is 52.7 Å². The van der Waals surface area contributed by atoms with Crippen LogP contribution in [0, 0.1) is 18.3 Å². The Morgan fingerprint density at radius 2 is 1.27 bits per heavy atom. The first-order valence-electron chi connectivity index (χ1n) is 25.4. The largest absolute Gasteiger partial charge is 0.488 e. The van der Waals surface area contributed by atoms with E-state index in [0.717, 1.165) is 27.8 Å². The highest BCUT2D eigenvalue weighted by molar-refractivity contribution is 6.74. The minimum atomic E-state index is -2.26. The van der Waals surface area contributed by atoms with Crippen molar-refractivity contribution in [1.82, 2.24) is 21.3 Å². The minimum absolute atomic E-state index is 0.0668. The van der Waals surface area contributed by atoms with Crippen LogP contribution in [0.25, 0.3) is 11.1 Å². The van der Waals surface area contributed by atoms with Gasteiger partial charge in [0.15, 0.2) is 16.6 Å². The lowest BCUT2D eigenvalue weighted by Gasteiger charge is -2.37. The number of carbonyl (C=O) groups is 5. The van der Waals surface area contributed by atoms with Crippen molar-refractivity contribution in [1.29, 1.82) is 0 Å². The Kier molecular flexibility index (Phi) is 19.9. The van der Waals surface area contributed by atoms with Gasteiger partial charge in [0.05, 0.1) is 19.8 Å². The van der Waals surface area contributed by atoms with Gasteiger partial charge in [0, 0.05) is 34.8 Å². The maximum atomic E-state index is 14.0. The predicted molar refractivity (Wildman–Crippen MR) is 297 cm³/mol. The molecule has 0 saturated heterocycles. The number of hydrogen-bond acceptors (Lipinski definition) is 9. The molecular weight excluding hydrogens is 969 g/mol. The molecular formula is C57H78N6O9Si2. The average molecular weight is 1050 g/mol. The Morgan fingerprint density at radius 3 is 1.77 bits per heavy atom. The third kappa shape index (κ3) is 15.5. The first-order chi connectivity index (χ1) is 34.7. The minimum Gasteiger partial charge on any atom is -0.488 e.